The highest BCUT2D eigenvalue weighted by atomic mass is 32.1. The summed E-state index contributed by atoms with van der Waals surface area (Å²) in [6.45, 7) is 5.83. The molecule has 3 aromatic rings. The van der Waals surface area contributed by atoms with Gasteiger partial charge in [0.25, 0.3) is 5.91 Å². The van der Waals surface area contributed by atoms with Crippen molar-refractivity contribution in [2.45, 2.75) is 33.4 Å². The summed E-state index contributed by atoms with van der Waals surface area (Å²) < 4.78 is 12.0. The van der Waals surface area contributed by atoms with Crippen LogP contribution in [0.15, 0.2) is 28.8 Å². The highest BCUT2D eigenvalue weighted by molar-refractivity contribution is 7.18. The number of hydrogen-bond acceptors (Lipinski definition) is 7. The predicted octanol–water partition coefficient (Wildman–Crippen LogP) is 2.92. The molecule has 1 amide bonds. The maximum Gasteiger partial charge on any atom is 0.273 e. The number of fused-ring (bicyclic) bond motifs is 1. The van der Waals surface area contributed by atoms with Crippen LogP contribution in [0, 0.1) is 12.8 Å². The number of rotatable bonds is 7. The third kappa shape index (κ3) is 4.20. The second kappa shape index (κ2) is 7.84. The van der Waals surface area contributed by atoms with E-state index in [-0.39, 0.29) is 36.8 Å². The summed E-state index contributed by atoms with van der Waals surface area (Å²) in [6.07, 6.45) is 0. The molecule has 0 saturated carbocycles. The summed E-state index contributed by atoms with van der Waals surface area (Å²) in [5, 5.41) is 16.8. The van der Waals surface area contributed by atoms with Crippen molar-refractivity contribution in [3.05, 3.63) is 40.7 Å². The molecule has 0 spiro atoms. The molecule has 2 N–H and O–H groups in total. The largest absolute Gasteiger partial charge is 0.485 e. The number of aliphatic hydroxyl groups excluding tert-OH is 1. The Hall–Kier alpha value is -2.45. The Morgan fingerprint density at radius 3 is 2.92 bits per heavy atom. The van der Waals surface area contributed by atoms with Crippen molar-refractivity contribution in [1.29, 1.82) is 0 Å². The van der Waals surface area contributed by atoms with E-state index in [2.05, 4.69) is 15.5 Å². The van der Waals surface area contributed by atoms with E-state index < -0.39 is 0 Å². The van der Waals surface area contributed by atoms with Gasteiger partial charge in [0.15, 0.2) is 11.5 Å². The number of carbonyl (C=O) groups excluding carboxylic acids is 1. The number of nitrogens with one attached hydrogen (secondary N) is 1. The lowest BCUT2D eigenvalue weighted by atomic mass is 10.1. The lowest BCUT2D eigenvalue weighted by Crippen LogP contribution is -2.41. The minimum absolute atomic E-state index is 0.114. The fourth-order valence-electron chi connectivity index (χ4n) is 2.42. The third-order valence-corrected chi connectivity index (χ3v) is 4.91. The molecule has 0 aliphatic heterocycles. The van der Waals surface area contributed by atoms with Crippen molar-refractivity contribution >= 4 is 27.5 Å². The van der Waals surface area contributed by atoms with Gasteiger partial charge in [-0.25, -0.2) is 4.98 Å². The monoisotopic (exact) mass is 375 g/mol. The van der Waals surface area contributed by atoms with Crippen molar-refractivity contribution in [3.8, 4) is 5.75 Å². The Morgan fingerprint density at radius 2 is 2.19 bits per heavy atom. The van der Waals surface area contributed by atoms with Gasteiger partial charge in [-0.2, -0.15) is 0 Å². The standard InChI is InChI=1S/C18H21N3O4S/c1-10(2)16(8-22)20-18(23)15-7-13(25-21-15)9-24-12-4-5-17-14(6-12)19-11(3)26-17/h4-7,10,16,22H,8-9H2,1-3H3,(H,20,23). The van der Waals surface area contributed by atoms with Gasteiger partial charge in [0.1, 0.15) is 12.4 Å². The number of carbonyl (C=O) groups is 1. The number of aromatic nitrogens is 2. The molecule has 1 atom stereocenters. The average molecular weight is 375 g/mol. The first-order valence-electron chi connectivity index (χ1n) is 8.33. The van der Waals surface area contributed by atoms with Gasteiger partial charge in [-0.05, 0) is 25.0 Å². The van der Waals surface area contributed by atoms with Crippen LogP contribution in [0.2, 0.25) is 0 Å². The molecule has 0 aliphatic carbocycles. The van der Waals surface area contributed by atoms with Crippen LogP contribution in [0.3, 0.4) is 0 Å². The lowest BCUT2D eigenvalue weighted by molar-refractivity contribution is 0.0887. The molecule has 0 fully saturated rings. The topological polar surface area (TPSA) is 97.5 Å². The van der Waals surface area contributed by atoms with E-state index in [0.29, 0.717) is 11.5 Å². The van der Waals surface area contributed by atoms with Gasteiger partial charge in [-0.15, -0.1) is 11.3 Å². The summed E-state index contributed by atoms with van der Waals surface area (Å²) in [5.74, 6) is 0.843. The smallest absolute Gasteiger partial charge is 0.273 e. The number of aliphatic hydroxyl groups is 1. The zero-order valence-corrected chi connectivity index (χ0v) is 15.7. The maximum absolute atomic E-state index is 12.2. The first kappa shape index (κ1) is 18.3. The summed E-state index contributed by atoms with van der Waals surface area (Å²) in [6, 6.07) is 6.92. The summed E-state index contributed by atoms with van der Waals surface area (Å²) >= 11 is 1.63. The van der Waals surface area contributed by atoms with E-state index in [4.69, 9.17) is 9.26 Å². The highest BCUT2D eigenvalue weighted by Crippen LogP contribution is 2.26. The minimum atomic E-state index is -0.382. The quantitative estimate of drug-likeness (QED) is 0.659. The van der Waals surface area contributed by atoms with E-state index in [9.17, 15) is 9.90 Å². The Balaban J connectivity index is 1.61. The fourth-order valence-corrected chi connectivity index (χ4v) is 3.23. The van der Waals surface area contributed by atoms with Crippen molar-refractivity contribution in [2.75, 3.05) is 6.61 Å². The van der Waals surface area contributed by atoms with Crippen LogP contribution in [-0.4, -0.2) is 33.8 Å². The second-order valence-electron chi connectivity index (χ2n) is 6.34. The molecule has 1 unspecified atom stereocenters. The normalized spacial score (nSPS) is 12.5. The Kier molecular flexibility index (Phi) is 5.53. The third-order valence-electron chi connectivity index (χ3n) is 3.96. The zero-order valence-electron chi connectivity index (χ0n) is 14.9. The molecule has 0 bridgehead atoms. The van der Waals surface area contributed by atoms with Crippen LogP contribution in [0.1, 0.15) is 35.1 Å². The lowest BCUT2D eigenvalue weighted by Gasteiger charge is -2.18. The molecule has 0 aliphatic rings. The van der Waals surface area contributed by atoms with E-state index in [1.165, 1.54) is 6.07 Å². The number of hydrogen-bond donors (Lipinski definition) is 2. The molecule has 1 aromatic carbocycles. The number of nitrogens with zero attached hydrogens (tertiary/aromatic N) is 2. The molecule has 0 saturated heterocycles. The van der Waals surface area contributed by atoms with Gasteiger partial charge >= 0.3 is 0 Å². The fraction of sp³-hybridized carbons (Fsp3) is 0.389. The molecule has 2 heterocycles. The summed E-state index contributed by atoms with van der Waals surface area (Å²) in [4.78, 5) is 16.6. The van der Waals surface area contributed by atoms with E-state index in [0.717, 1.165) is 15.2 Å². The number of thiazole rings is 1. The van der Waals surface area contributed by atoms with Gasteiger partial charge in [0, 0.05) is 12.1 Å². The molecule has 138 valence electrons. The Labute approximate surface area is 155 Å². The van der Waals surface area contributed by atoms with Crippen LogP contribution >= 0.6 is 11.3 Å². The van der Waals surface area contributed by atoms with Crippen LogP contribution in [-0.2, 0) is 6.61 Å². The first-order chi connectivity index (χ1) is 12.5. The SMILES string of the molecule is Cc1nc2cc(OCc3cc(C(=O)NC(CO)C(C)C)no3)ccc2s1. The average Bonchev–Trinajstić information content (AvgIpc) is 3.22. The van der Waals surface area contributed by atoms with Gasteiger partial charge in [-0.3, -0.25) is 4.79 Å². The molecule has 8 heteroatoms. The van der Waals surface area contributed by atoms with Crippen LogP contribution in [0.25, 0.3) is 10.2 Å². The van der Waals surface area contributed by atoms with Crippen molar-refractivity contribution in [1.82, 2.24) is 15.5 Å². The van der Waals surface area contributed by atoms with Crippen LogP contribution < -0.4 is 10.1 Å². The van der Waals surface area contributed by atoms with Gasteiger partial charge < -0.3 is 19.7 Å². The highest BCUT2D eigenvalue weighted by Gasteiger charge is 2.19. The number of ether oxygens (including phenoxy) is 1. The van der Waals surface area contributed by atoms with Gasteiger partial charge in [0.05, 0.1) is 27.9 Å². The minimum Gasteiger partial charge on any atom is -0.485 e. The molecule has 26 heavy (non-hydrogen) atoms. The van der Waals surface area contributed by atoms with E-state index >= 15 is 0 Å². The van der Waals surface area contributed by atoms with Crippen molar-refractivity contribution in [3.63, 3.8) is 0 Å². The maximum atomic E-state index is 12.2. The van der Waals surface area contributed by atoms with E-state index in [1.807, 2.05) is 39.0 Å². The Morgan fingerprint density at radius 1 is 1.38 bits per heavy atom. The second-order valence-corrected chi connectivity index (χ2v) is 7.57. The van der Waals surface area contributed by atoms with Crippen molar-refractivity contribution in [2.24, 2.45) is 5.92 Å². The number of benzene rings is 1. The van der Waals surface area contributed by atoms with Crippen LogP contribution in [0.5, 0.6) is 5.75 Å². The number of aryl methyl sites for hydroxylation is 1. The van der Waals surface area contributed by atoms with Gasteiger partial charge in [0.2, 0.25) is 0 Å². The molecule has 7 nitrogen and oxygen atoms in total. The molecule has 3 rings (SSSR count). The van der Waals surface area contributed by atoms with Crippen LogP contribution in [0.4, 0.5) is 0 Å². The Bertz CT molecular complexity index is 903. The van der Waals surface area contributed by atoms with E-state index in [1.54, 1.807) is 11.3 Å². The van der Waals surface area contributed by atoms with Crippen molar-refractivity contribution < 1.29 is 19.2 Å². The summed E-state index contributed by atoms with van der Waals surface area (Å²) in [7, 11) is 0. The predicted molar refractivity (Wildman–Crippen MR) is 98.4 cm³/mol. The van der Waals surface area contributed by atoms with Gasteiger partial charge in [-0.1, -0.05) is 19.0 Å². The number of amides is 1. The molecule has 2 aromatic heterocycles. The molecule has 0 radical (unpaired) electrons. The molecular formula is C18H21N3O4S. The molecular weight excluding hydrogens is 354 g/mol. The summed E-state index contributed by atoms with van der Waals surface area (Å²) in [5.41, 5.74) is 1.06. The zero-order chi connectivity index (χ0) is 18.7. The first-order valence-corrected chi connectivity index (χ1v) is 9.15.